The summed E-state index contributed by atoms with van der Waals surface area (Å²) < 4.78 is 28.1. The van der Waals surface area contributed by atoms with Gasteiger partial charge in [-0.3, -0.25) is 19.2 Å². The molecule has 5 rings (SSSR count). The van der Waals surface area contributed by atoms with Crippen LogP contribution in [0.4, 0.5) is 0 Å². The van der Waals surface area contributed by atoms with Crippen molar-refractivity contribution in [1.29, 1.82) is 0 Å². The van der Waals surface area contributed by atoms with E-state index >= 15 is 0 Å². The highest BCUT2D eigenvalue weighted by Crippen LogP contribution is 2.68. The van der Waals surface area contributed by atoms with Gasteiger partial charge in [0.15, 0.2) is 6.10 Å². The number of cyclic esters (lactones) is 2. The van der Waals surface area contributed by atoms with Gasteiger partial charge in [0.05, 0.1) is 31.0 Å². The maximum Gasteiger partial charge on any atom is 0.310 e. The van der Waals surface area contributed by atoms with Gasteiger partial charge in [-0.1, -0.05) is 6.92 Å². The van der Waals surface area contributed by atoms with Crippen LogP contribution in [0.1, 0.15) is 58.1 Å². The molecule has 0 unspecified atom stereocenters. The van der Waals surface area contributed by atoms with Gasteiger partial charge in [-0.2, -0.15) is 0 Å². The summed E-state index contributed by atoms with van der Waals surface area (Å²) in [5.74, 6) is -2.83. The molecule has 2 saturated carbocycles. The smallest absolute Gasteiger partial charge is 0.310 e. The van der Waals surface area contributed by atoms with Gasteiger partial charge in [0.1, 0.15) is 12.2 Å². The molecule has 4 aliphatic rings. The van der Waals surface area contributed by atoms with Gasteiger partial charge in [-0.05, 0) is 37.7 Å². The lowest BCUT2D eigenvalue weighted by Gasteiger charge is -2.62. The summed E-state index contributed by atoms with van der Waals surface area (Å²) >= 11 is 0. The van der Waals surface area contributed by atoms with Crippen molar-refractivity contribution in [2.75, 3.05) is 6.61 Å². The second kappa shape index (κ2) is 7.60. The Kier molecular flexibility index (Phi) is 5.06. The highest BCUT2D eigenvalue weighted by atomic mass is 16.6. The Bertz CT molecular complexity index is 984. The van der Waals surface area contributed by atoms with Gasteiger partial charge in [0.2, 0.25) is 0 Å². The van der Waals surface area contributed by atoms with Gasteiger partial charge in [-0.25, -0.2) is 0 Å². The molecule has 8 atom stereocenters. The maximum absolute atomic E-state index is 13.3. The van der Waals surface area contributed by atoms with Gasteiger partial charge in [0, 0.05) is 30.2 Å². The fourth-order valence-corrected chi connectivity index (χ4v) is 7.18. The van der Waals surface area contributed by atoms with Crippen LogP contribution in [-0.2, 0) is 38.1 Å². The second-order valence-corrected chi connectivity index (χ2v) is 10.1. The zero-order valence-electron chi connectivity index (χ0n) is 18.9. The summed E-state index contributed by atoms with van der Waals surface area (Å²) in [6.07, 6.45) is 2.76. The Labute approximate surface area is 191 Å². The molecule has 1 spiro atoms. The minimum Gasteiger partial charge on any atom is -0.472 e. The third-order valence-corrected chi connectivity index (χ3v) is 8.47. The van der Waals surface area contributed by atoms with E-state index in [1.165, 1.54) is 26.4 Å². The van der Waals surface area contributed by atoms with Crippen LogP contribution in [0.15, 0.2) is 23.0 Å². The lowest BCUT2D eigenvalue weighted by Crippen LogP contribution is -2.66. The normalized spacial score (nSPS) is 41.7. The molecule has 0 N–H and O–H groups in total. The quantitative estimate of drug-likeness (QED) is 0.495. The first-order chi connectivity index (χ1) is 15.7. The van der Waals surface area contributed by atoms with Crippen LogP contribution in [0.5, 0.6) is 0 Å². The van der Waals surface area contributed by atoms with Crippen LogP contribution in [0.3, 0.4) is 0 Å². The van der Waals surface area contributed by atoms with E-state index in [1.807, 2.05) is 6.92 Å². The number of carbonyl (C=O) groups excluding carboxylic acids is 4. The van der Waals surface area contributed by atoms with Crippen molar-refractivity contribution in [3.8, 4) is 0 Å². The Morgan fingerprint density at radius 2 is 1.82 bits per heavy atom. The first-order valence-electron chi connectivity index (χ1n) is 11.4. The number of esters is 4. The lowest BCUT2D eigenvalue weighted by atomic mass is 9.43. The maximum atomic E-state index is 13.3. The zero-order valence-corrected chi connectivity index (χ0v) is 18.9. The van der Waals surface area contributed by atoms with Gasteiger partial charge >= 0.3 is 23.9 Å². The molecule has 3 heterocycles. The van der Waals surface area contributed by atoms with E-state index in [9.17, 15) is 19.2 Å². The predicted molar refractivity (Wildman–Crippen MR) is 109 cm³/mol. The number of rotatable bonds is 3. The molecular formula is C24H28O9. The molecule has 2 aliphatic carbocycles. The molecule has 178 valence electrons. The van der Waals surface area contributed by atoms with Crippen molar-refractivity contribution in [2.45, 2.75) is 64.8 Å². The number of furan rings is 1. The van der Waals surface area contributed by atoms with Crippen LogP contribution in [0.25, 0.3) is 0 Å². The van der Waals surface area contributed by atoms with Crippen LogP contribution in [0, 0.1) is 28.6 Å². The third-order valence-electron chi connectivity index (χ3n) is 8.47. The zero-order chi connectivity index (χ0) is 23.5. The van der Waals surface area contributed by atoms with E-state index in [1.54, 1.807) is 6.07 Å². The molecule has 0 radical (unpaired) electrons. The topological polar surface area (TPSA) is 118 Å². The van der Waals surface area contributed by atoms with E-state index in [-0.39, 0.29) is 24.5 Å². The van der Waals surface area contributed by atoms with Crippen LogP contribution >= 0.6 is 0 Å². The van der Waals surface area contributed by atoms with Crippen LogP contribution in [0.2, 0.25) is 0 Å². The summed E-state index contributed by atoms with van der Waals surface area (Å²) in [4.78, 5) is 50.1. The number of hydrogen-bond donors (Lipinski definition) is 0. The molecule has 2 saturated heterocycles. The van der Waals surface area contributed by atoms with Crippen molar-refractivity contribution < 1.29 is 42.5 Å². The van der Waals surface area contributed by atoms with Crippen molar-refractivity contribution in [3.63, 3.8) is 0 Å². The Morgan fingerprint density at radius 1 is 1.06 bits per heavy atom. The second-order valence-electron chi connectivity index (χ2n) is 10.1. The standard InChI is InChI=1S/C24H28O9/c1-12(25)31-15-8-17-21(27)30-11-24(17)6-4-16-22(28)33-19(14-5-7-29-10-14)20(32-13(2)26)23(16,3)18(24)9-15/h5,7,10,15-20H,4,6,8-9,11H2,1-3H3/t15-,16-,17+,18-,19+,20+,23+,24-/m1/s1. The van der Waals surface area contributed by atoms with Gasteiger partial charge in [0.25, 0.3) is 0 Å². The average Bonchev–Trinajstić information content (AvgIpc) is 3.38. The lowest BCUT2D eigenvalue weighted by molar-refractivity contribution is -0.250. The molecule has 4 fully saturated rings. The molecule has 2 aliphatic heterocycles. The molecular weight excluding hydrogens is 432 g/mol. The molecule has 0 aromatic carbocycles. The van der Waals surface area contributed by atoms with Crippen LogP contribution < -0.4 is 0 Å². The SMILES string of the molecule is CC(=O)O[C@@H]1C[C@H]2C(=O)OC[C@]23CC[C@@H]2C(=O)O[C@@H](c4ccoc4)[C@H](OC(C)=O)[C@]2(C)[C@H]3C1. The summed E-state index contributed by atoms with van der Waals surface area (Å²) in [5.41, 5.74) is -0.793. The first kappa shape index (κ1) is 22.0. The van der Waals surface area contributed by atoms with Crippen molar-refractivity contribution >= 4 is 23.9 Å². The minimum absolute atomic E-state index is 0.245. The Balaban J connectivity index is 1.64. The summed E-state index contributed by atoms with van der Waals surface area (Å²) in [6.45, 7) is 4.86. The summed E-state index contributed by atoms with van der Waals surface area (Å²) in [6, 6.07) is 1.68. The Morgan fingerprint density at radius 3 is 2.48 bits per heavy atom. The minimum atomic E-state index is -0.869. The fourth-order valence-electron chi connectivity index (χ4n) is 7.18. The monoisotopic (exact) mass is 460 g/mol. The largest absolute Gasteiger partial charge is 0.472 e. The van der Waals surface area contributed by atoms with Crippen molar-refractivity contribution in [2.24, 2.45) is 28.6 Å². The summed E-state index contributed by atoms with van der Waals surface area (Å²) in [7, 11) is 0. The van der Waals surface area contributed by atoms with Gasteiger partial charge < -0.3 is 23.4 Å². The predicted octanol–water partition coefficient (Wildman–Crippen LogP) is 2.73. The van der Waals surface area contributed by atoms with Gasteiger partial charge in [-0.15, -0.1) is 0 Å². The van der Waals surface area contributed by atoms with Crippen molar-refractivity contribution in [3.05, 3.63) is 24.2 Å². The van der Waals surface area contributed by atoms with E-state index in [0.717, 1.165) is 0 Å². The fraction of sp³-hybridized carbons (Fsp3) is 0.667. The van der Waals surface area contributed by atoms with Crippen molar-refractivity contribution in [1.82, 2.24) is 0 Å². The molecule has 0 amide bonds. The molecule has 1 aromatic rings. The number of fused-ring (bicyclic) bond motifs is 2. The molecule has 33 heavy (non-hydrogen) atoms. The van der Waals surface area contributed by atoms with E-state index in [4.69, 9.17) is 23.4 Å². The van der Waals surface area contributed by atoms with E-state index in [0.29, 0.717) is 31.2 Å². The molecule has 9 nitrogen and oxygen atoms in total. The first-order valence-corrected chi connectivity index (χ1v) is 11.4. The van der Waals surface area contributed by atoms with E-state index < -0.39 is 52.9 Å². The number of hydrogen-bond acceptors (Lipinski definition) is 9. The average molecular weight is 460 g/mol. The Hall–Kier alpha value is -2.84. The number of carbonyl (C=O) groups is 4. The summed E-state index contributed by atoms with van der Waals surface area (Å²) in [5, 5.41) is 0. The molecule has 1 aromatic heterocycles. The molecule has 9 heteroatoms. The highest BCUT2D eigenvalue weighted by molar-refractivity contribution is 5.78. The highest BCUT2D eigenvalue weighted by Gasteiger charge is 2.72. The molecule has 0 bridgehead atoms. The van der Waals surface area contributed by atoms with E-state index in [2.05, 4.69) is 0 Å². The third kappa shape index (κ3) is 3.19. The number of ether oxygens (including phenoxy) is 4. The van der Waals surface area contributed by atoms with Crippen LogP contribution in [-0.4, -0.2) is 42.7 Å².